The van der Waals surface area contributed by atoms with E-state index in [1.165, 1.54) is 40.0 Å². The van der Waals surface area contributed by atoms with E-state index in [9.17, 15) is 18.8 Å². The van der Waals surface area contributed by atoms with Gasteiger partial charge in [-0.25, -0.2) is 14.0 Å². The number of primary amides is 1. The topological polar surface area (TPSA) is 129 Å². The highest BCUT2D eigenvalue weighted by atomic mass is 19.1. The first-order valence-corrected chi connectivity index (χ1v) is 9.95. The van der Waals surface area contributed by atoms with E-state index in [2.05, 4.69) is 17.0 Å². The lowest BCUT2D eigenvalue weighted by Crippen LogP contribution is -2.42. The number of ether oxygens (including phenoxy) is 2. The number of hydrogen-bond donors (Lipinski definition) is 2. The average molecular weight is 445 g/mol. The number of rotatable bonds is 7. The fourth-order valence-corrected chi connectivity index (χ4v) is 3.22. The summed E-state index contributed by atoms with van der Waals surface area (Å²) in [6, 6.07) is 5.10. The Hall–Kier alpha value is -3.89. The first-order chi connectivity index (χ1) is 15.3. The van der Waals surface area contributed by atoms with Crippen molar-refractivity contribution in [2.24, 2.45) is 5.73 Å². The van der Waals surface area contributed by atoms with Gasteiger partial charge in [0, 0.05) is 18.4 Å². The second kappa shape index (κ2) is 9.94. The Morgan fingerprint density at radius 1 is 1.28 bits per heavy atom. The van der Waals surface area contributed by atoms with Gasteiger partial charge in [0.1, 0.15) is 11.4 Å². The molecule has 11 heteroatoms. The molecule has 2 aromatic rings. The van der Waals surface area contributed by atoms with Crippen LogP contribution in [0.4, 0.5) is 20.7 Å². The SMILES string of the molecule is C=C1CCN(C(=O)OCC(=O)OCC)C[C@H]1n1cc(C(N)=O)c(Nc2ccc(F)cc2)n1. The number of halogens is 1. The van der Waals surface area contributed by atoms with E-state index in [1.54, 1.807) is 6.92 Å². The number of hydrogen-bond acceptors (Lipinski definition) is 7. The molecular weight excluding hydrogens is 421 g/mol. The van der Waals surface area contributed by atoms with Crippen molar-refractivity contribution < 1.29 is 28.2 Å². The summed E-state index contributed by atoms with van der Waals surface area (Å²) in [5.74, 6) is -1.54. The molecule has 1 saturated heterocycles. The van der Waals surface area contributed by atoms with E-state index in [4.69, 9.17) is 15.2 Å². The first-order valence-electron chi connectivity index (χ1n) is 9.95. The second-order valence-corrected chi connectivity index (χ2v) is 7.10. The monoisotopic (exact) mass is 445 g/mol. The zero-order valence-corrected chi connectivity index (χ0v) is 17.5. The molecule has 1 atom stereocenters. The third kappa shape index (κ3) is 5.42. The van der Waals surface area contributed by atoms with E-state index >= 15 is 0 Å². The molecule has 2 amide bonds. The molecule has 3 N–H and O–H groups in total. The van der Waals surface area contributed by atoms with Crippen molar-refractivity contribution in [2.75, 3.05) is 31.6 Å². The van der Waals surface area contributed by atoms with E-state index in [-0.39, 0.29) is 24.5 Å². The fourth-order valence-electron chi connectivity index (χ4n) is 3.22. The number of benzene rings is 1. The van der Waals surface area contributed by atoms with E-state index < -0.39 is 36.4 Å². The molecule has 0 spiro atoms. The number of nitrogens with one attached hydrogen (secondary N) is 1. The molecule has 1 fully saturated rings. The quantitative estimate of drug-likeness (QED) is 0.494. The zero-order chi connectivity index (χ0) is 23.3. The Kier molecular flexibility index (Phi) is 7.08. The van der Waals surface area contributed by atoms with Crippen LogP contribution in [0.15, 0.2) is 42.6 Å². The van der Waals surface area contributed by atoms with Crippen LogP contribution in [0.5, 0.6) is 0 Å². The summed E-state index contributed by atoms with van der Waals surface area (Å²) in [5, 5.41) is 7.36. The van der Waals surface area contributed by atoms with Crippen molar-refractivity contribution >= 4 is 29.5 Å². The van der Waals surface area contributed by atoms with Crippen LogP contribution in [0, 0.1) is 5.82 Å². The van der Waals surface area contributed by atoms with Crippen molar-refractivity contribution in [3.8, 4) is 0 Å². The molecular formula is C21H24FN5O5. The number of likely N-dealkylation sites (tertiary alicyclic amines) is 1. The minimum Gasteiger partial charge on any atom is -0.463 e. The van der Waals surface area contributed by atoms with Gasteiger partial charge < -0.3 is 25.4 Å². The Balaban J connectivity index is 1.75. The standard InChI is InChI=1S/C21H24FN5O5/c1-3-31-18(28)12-32-21(30)26-9-8-13(2)17(11-26)27-10-16(19(23)29)20(25-27)24-15-6-4-14(22)5-7-15/h4-7,10,17H,2-3,8-9,11-12H2,1H3,(H2,23,29)(H,24,25)/t17-/m1/s1. The van der Waals surface area contributed by atoms with Crippen LogP contribution in [-0.4, -0.2) is 59.0 Å². The molecule has 1 aromatic heterocycles. The highest BCUT2D eigenvalue weighted by molar-refractivity contribution is 5.98. The highest BCUT2D eigenvalue weighted by Crippen LogP contribution is 2.29. The second-order valence-electron chi connectivity index (χ2n) is 7.10. The third-order valence-corrected chi connectivity index (χ3v) is 4.87. The molecule has 0 unspecified atom stereocenters. The predicted octanol–water partition coefficient (Wildman–Crippen LogP) is 2.37. The van der Waals surface area contributed by atoms with E-state index in [1.807, 2.05) is 0 Å². The maximum Gasteiger partial charge on any atom is 0.410 e. The lowest BCUT2D eigenvalue weighted by Gasteiger charge is -2.33. The van der Waals surface area contributed by atoms with Gasteiger partial charge in [-0.05, 0) is 43.2 Å². The number of aromatic nitrogens is 2. The average Bonchev–Trinajstić information content (AvgIpc) is 3.18. The van der Waals surface area contributed by atoms with Crippen LogP contribution in [0.3, 0.4) is 0 Å². The molecule has 1 aromatic carbocycles. The van der Waals surface area contributed by atoms with Crippen LogP contribution >= 0.6 is 0 Å². The van der Waals surface area contributed by atoms with Crippen LogP contribution < -0.4 is 11.1 Å². The molecule has 32 heavy (non-hydrogen) atoms. The number of carbonyl (C=O) groups is 3. The minimum absolute atomic E-state index is 0.129. The number of amides is 2. The molecule has 1 aliphatic rings. The van der Waals surface area contributed by atoms with Crippen molar-refractivity contribution in [1.82, 2.24) is 14.7 Å². The summed E-state index contributed by atoms with van der Waals surface area (Å²) in [7, 11) is 0. The predicted molar refractivity (Wildman–Crippen MR) is 113 cm³/mol. The van der Waals surface area contributed by atoms with Crippen molar-refractivity contribution in [3.63, 3.8) is 0 Å². The minimum atomic E-state index is -0.701. The van der Waals surface area contributed by atoms with Gasteiger partial charge in [0.15, 0.2) is 12.4 Å². The van der Waals surface area contributed by atoms with Crippen LogP contribution in [0.2, 0.25) is 0 Å². The molecule has 10 nitrogen and oxygen atoms in total. The van der Waals surface area contributed by atoms with Crippen LogP contribution in [0.25, 0.3) is 0 Å². The number of nitrogens with two attached hydrogens (primary N) is 1. The Morgan fingerprint density at radius 3 is 2.66 bits per heavy atom. The fraction of sp³-hybridized carbons (Fsp3) is 0.333. The molecule has 2 heterocycles. The molecule has 3 rings (SSSR count). The molecule has 170 valence electrons. The van der Waals surface area contributed by atoms with Gasteiger partial charge in [-0.15, -0.1) is 0 Å². The molecule has 1 aliphatic heterocycles. The van der Waals surface area contributed by atoms with Crippen LogP contribution in [-0.2, 0) is 14.3 Å². The zero-order valence-electron chi connectivity index (χ0n) is 17.5. The number of nitrogens with zero attached hydrogens (tertiary/aromatic N) is 3. The third-order valence-electron chi connectivity index (χ3n) is 4.87. The maximum absolute atomic E-state index is 13.2. The van der Waals surface area contributed by atoms with E-state index in [0.717, 1.165) is 5.57 Å². The lowest BCUT2D eigenvalue weighted by molar-refractivity contribution is -0.146. The maximum atomic E-state index is 13.2. The summed E-state index contributed by atoms with van der Waals surface area (Å²) >= 11 is 0. The normalized spacial score (nSPS) is 15.9. The van der Waals surface area contributed by atoms with Crippen LogP contribution in [0.1, 0.15) is 29.7 Å². The Labute approximate surface area is 183 Å². The number of anilines is 2. The van der Waals surface area contributed by atoms with Gasteiger partial charge in [0.2, 0.25) is 0 Å². The van der Waals surface area contributed by atoms with Crippen molar-refractivity contribution in [3.05, 3.63) is 54.0 Å². The number of piperidine rings is 1. The summed E-state index contributed by atoms with van der Waals surface area (Å²) < 4.78 is 24.4. The Morgan fingerprint density at radius 2 is 2.00 bits per heavy atom. The first kappa shape index (κ1) is 22.8. The summed E-state index contributed by atoms with van der Waals surface area (Å²) in [4.78, 5) is 37.1. The van der Waals surface area contributed by atoms with Crippen molar-refractivity contribution in [1.29, 1.82) is 0 Å². The van der Waals surface area contributed by atoms with Gasteiger partial charge >= 0.3 is 12.1 Å². The van der Waals surface area contributed by atoms with Gasteiger partial charge in [0.25, 0.3) is 5.91 Å². The molecule has 0 radical (unpaired) electrons. The number of esters is 1. The summed E-state index contributed by atoms with van der Waals surface area (Å²) in [6.45, 7) is 5.96. The van der Waals surface area contributed by atoms with Gasteiger partial charge in [-0.1, -0.05) is 6.58 Å². The van der Waals surface area contributed by atoms with Gasteiger partial charge in [0.05, 0.1) is 19.2 Å². The Bertz CT molecular complexity index is 1020. The van der Waals surface area contributed by atoms with Gasteiger partial charge in [-0.3, -0.25) is 9.48 Å². The largest absolute Gasteiger partial charge is 0.463 e. The number of carbonyl (C=O) groups excluding carboxylic acids is 3. The van der Waals surface area contributed by atoms with Gasteiger partial charge in [-0.2, -0.15) is 5.10 Å². The molecule has 0 saturated carbocycles. The lowest BCUT2D eigenvalue weighted by atomic mass is 10.0. The van der Waals surface area contributed by atoms with E-state index in [0.29, 0.717) is 18.7 Å². The highest BCUT2D eigenvalue weighted by Gasteiger charge is 2.30. The van der Waals surface area contributed by atoms with Crippen molar-refractivity contribution in [2.45, 2.75) is 19.4 Å². The summed E-state index contributed by atoms with van der Waals surface area (Å²) in [5.41, 5.74) is 6.94. The molecule has 0 bridgehead atoms. The smallest absolute Gasteiger partial charge is 0.410 e. The summed E-state index contributed by atoms with van der Waals surface area (Å²) in [6.07, 6.45) is 1.28. The molecule has 0 aliphatic carbocycles.